The third-order valence-corrected chi connectivity index (χ3v) is 2.91. The van der Waals surface area contributed by atoms with Crippen LogP contribution in [0.1, 0.15) is 17.5 Å². The van der Waals surface area contributed by atoms with E-state index < -0.39 is 17.7 Å². The Labute approximate surface area is 110 Å². The molecular weight excluding hydrogens is 248 g/mol. The second-order valence-corrected chi connectivity index (χ2v) is 4.53. The van der Waals surface area contributed by atoms with E-state index in [1.807, 2.05) is 12.1 Å². The van der Waals surface area contributed by atoms with Gasteiger partial charge < -0.3 is 5.11 Å². The van der Waals surface area contributed by atoms with E-state index in [-0.39, 0.29) is 6.42 Å². The molecule has 4 heteroatoms. The number of nitrogens with zero attached hydrogens (tertiary/aromatic N) is 1. The number of aliphatic hydroxyl groups excluding tert-OH is 1. The molecule has 1 unspecified atom stereocenters. The summed E-state index contributed by atoms with van der Waals surface area (Å²) in [5.41, 5.74) is 1.55. The lowest BCUT2D eigenvalue weighted by Gasteiger charge is -2.10. The molecule has 0 saturated carbocycles. The third kappa shape index (κ3) is 4.41. The Bertz CT molecular complexity index is 511. The van der Waals surface area contributed by atoms with E-state index in [2.05, 4.69) is 4.98 Å². The van der Waals surface area contributed by atoms with Gasteiger partial charge >= 0.3 is 0 Å². The van der Waals surface area contributed by atoms with Gasteiger partial charge in [-0.2, -0.15) is 0 Å². The average Bonchev–Trinajstić information content (AvgIpc) is 2.36. The van der Waals surface area contributed by atoms with Crippen LogP contribution in [0.4, 0.5) is 8.78 Å². The lowest BCUT2D eigenvalue weighted by molar-refractivity contribution is 0.165. The number of hydrogen-bond donors (Lipinski definition) is 1. The fourth-order valence-electron chi connectivity index (χ4n) is 1.99. The standard InChI is InChI=1S/C15H15F2NO/c16-13-7-12(8-14(17)10-13)9-15(19)2-1-11-3-5-18-6-4-11/h3-8,10,15,19H,1-2,9H2. The maximum atomic E-state index is 13.0. The zero-order valence-electron chi connectivity index (χ0n) is 10.4. The average molecular weight is 263 g/mol. The minimum atomic E-state index is -0.616. The van der Waals surface area contributed by atoms with Crippen molar-refractivity contribution in [1.29, 1.82) is 0 Å². The van der Waals surface area contributed by atoms with Gasteiger partial charge in [-0.3, -0.25) is 4.98 Å². The highest BCUT2D eigenvalue weighted by Gasteiger charge is 2.08. The molecule has 0 radical (unpaired) electrons. The molecule has 0 saturated heterocycles. The van der Waals surface area contributed by atoms with Crippen LogP contribution >= 0.6 is 0 Å². The van der Waals surface area contributed by atoms with Crippen LogP contribution in [-0.2, 0) is 12.8 Å². The molecule has 2 nitrogen and oxygen atoms in total. The van der Waals surface area contributed by atoms with Crippen LogP contribution in [-0.4, -0.2) is 16.2 Å². The van der Waals surface area contributed by atoms with Gasteiger partial charge in [-0.1, -0.05) is 0 Å². The Balaban J connectivity index is 1.89. The Morgan fingerprint density at radius 3 is 2.26 bits per heavy atom. The Hall–Kier alpha value is -1.81. The van der Waals surface area contributed by atoms with Crippen LogP contribution in [0.15, 0.2) is 42.7 Å². The van der Waals surface area contributed by atoms with Crippen LogP contribution in [0.3, 0.4) is 0 Å². The molecule has 0 aliphatic rings. The van der Waals surface area contributed by atoms with Crippen LogP contribution in [0, 0.1) is 11.6 Å². The SMILES string of the molecule is OC(CCc1ccncc1)Cc1cc(F)cc(F)c1. The first-order valence-electron chi connectivity index (χ1n) is 6.15. The van der Waals surface area contributed by atoms with Crippen LogP contribution in [0.25, 0.3) is 0 Å². The highest BCUT2D eigenvalue weighted by molar-refractivity contribution is 5.18. The molecule has 0 amide bonds. The summed E-state index contributed by atoms with van der Waals surface area (Å²) in [7, 11) is 0. The van der Waals surface area contributed by atoms with Gasteiger partial charge in [0.2, 0.25) is 0 Å². The number of aryl methyl sites for hydroxylation is 1. The van der Waals surface area contributed by atoms with Crippen molar-refractivity contribution in [2.24, 2.45) is 0 Å². The van der Waals surface area contributed by atoms with Crippen LogP contribution < -0.4 is 0 Å². The molecular formula is C15H15F2NO. The Morgan fingerprint density at radius 2 is 1.63 bits per heavy atom. The van der Waals surface area contributed by atoms with Gasteiger partial charge in [0.25, 0.3) is 0 Å². The third-order valence-electron chi connectivity index (χ3n) is 2.91. The molecule has 0 spiro atoms. The van der Waals surface area contributed by atoms with Gasteiger partial charge in [-0.05, 0) is 54.7 Å². The van der Waals surface area contributed by atoms with Crippen molar-refractivity contribution in [3.8, 4) is 0 Å². The maximum Gasteiger partial charge on any atom is 0.126 e. The molecule has 0 aliphatic carbocycles. The minimum absolute atomic E-state index is 0.250. The van der Waals surface area contributed by atoms with E-state index in [1.165, 1.54) is 12.1 Å². The van der Waals surface area contributed by atoms with Crippen LogP contribution in [0.2, 0.25) is 0 Å². The maximum absolute atomic E-state index is 13.0. The normalized spacial score (nSPS) is 12.4. The number of halogens is 2. The molecule has 1 aromatic carbocycles. The summed E-state index contributed by atoms with van der Waals surface area (Å²) >= 11 is 0. The number of pyridine rings is 1. The molecule has 19 heavy (non-hydrogen) atoms. The van der Waals surface area contributed by atoms with Gasteiger partial charge in [0.15, 0.2) is 0 Å². The van der Waals surface area contributed by atoms with Crippen molar-refractivity contribution in [2.45, 2.75) is 25.4 Å². The van der Waals surface area contributed by atoms with Gasteiger partial charge in [0.1, 0.15) is 11.6 Å². The number of benzene rings is 1. The number of aromatic nitrogens is 1. The highest BCUT2D eigenvalue weighted by Crippen LogP contribution is 2.13. The summed E-state index contributed by atoms with van der Waals surface area (Å²) in [6, 6.07) is 7.09. The lowest BCUT2D eigenvalue weighted by atomic mass is 10.0. The van der Waals surface area contributed by atoms with Crippen molar-refractivity contribution in [3.63, 3.8) is 0 Å². The van der Waals surface area contributed by atoms with Crippen molar-refractivity contribution in [1.82, 2.24) is 4.98 Å². The fourth-order valence-corrected chi connectivity index (χ4v) is 1.99. The second-order valence-electron chi connectivity index (χ2n) is 4.53. The molecule has 1 heterocycles. The molecule has 0 aliphatic heterocycles. The quantitative estimate of drug-likeness (QED) is 0.899. The molecule has 1 aromatic heterocycles. The monoisotopic (exact) mass is 263 g/mol. The van der Waals surface area contributed by atoms with Gasteiger partial charge in [0.05, 0.1) is 6.10 Å². The zero-order valence-corrected chi connectivity index (χ0v) is 10.4. The van der Waals surface area contributed by atoms with Crippen molar-refractivity contribution in [2.75, 3.05) is 0 Å². The van der Waals surface area contributed by atoms with E-state index in [4.69, 9.17) is 0 Å². The molecule has 1 atom stereocenters. The summed E-state index contributed by atoms with van der Waals surface area (Å²) in [6.45, 7) is 0. The van der Waals surface area contributed by atoms with E-state index in [1.54, 1.807) is 12.4 Å². The summed E-state index contributed by atoms with van der Waals surface area (Å²) in [6.07, 6.45) is 4.28. The topological polar surface area (TPSA) is 33.1 Å². The molecule has 1 N–H and O–H groups in total. The highest BCUT2D eigenvalue weighted by atomic mass is 19.1. The number of hydrogen-bond acceptors (Lipinski definition) is 2. The molecule has 2 aromatic rings. The molecule has 0 bridgehead atoms. The number of rotatable bonds is 5. The van der Waals surface area contributed by atoms with Gasteiger partial charge in [-0.25, -0.2) is 8.78 Å². The Kier molecular flexibility index (Phi) is 4.58. The molecule has 100 valence electrons. The van der Waals surface area contributed by atoms with E-state index in [0.29, 0.717) is 18.4 Å². The predicted octanol–water partition coefficient (Wildman–Crippen LogP) is 2.90. The van der Waals surface area contributed by atoms with E-state index >= 15 is 0 Å². The van der Waals surface area contributed by atoms with Crippen molar-refractivity contribution in [3.05, 3.63) is 65.5 Å². The van der Waals surface area contributed by atoms with Crippen molar-refractivity contribution < 1.29 is 13.9 Å². The molecule has 2 rings (SSSR count). The second kappa shape index (κ2) is 6.38. The first-order chi connectivity index (χ1) is 9.13. The Morgan fingerprint density at radius 1 is 1.00 bits per heavy atom. The van der Waals surface area contributed by atoms with Crippen molar-refractivity contribution >= 4 is 0 Å². The first-order valence-corrected chi connectivity index (χ1v) is 6.15. The largest absolute Gasteiger partial charge is 0.393 e. The summed E-state index contributed by atoms with van der Waals surface area (Å²) < 4.78 is 26.0. The smallest absolute Gasteiger partial charge is 0.126 e. The summed E-state index contributed by atoms with van der Waals surface area (Å²) in [4.78, 5) is 3.91. The predicted molar refractivity (Wildman–Crippen MR) is 68.6 cm³/mol. The van der Waals surface area contributed by atoms with Gasteiger partial charge in [-0.15, -0.1) is 0 Å². The zero-order chi connectivity index (χ0) is 13.7. The number of aliphatic hydroxyl groups is 1. The fraction of sp³-hybridized carbons (Fsp3) is 0.267. The summed E-state index contributed by atoms with van der Waals surface area (Å²) in [5, 5.41) is 9.89. The minimum Gasteiger partial charge on any atom is -0.393 e. The first kappa shape index (κ1) is 13.6. The lowest BCUT2D eigenvalue weighted by Crippen LogP contribution is -2.12. The van der Waals surface area contributed by atoms with E-state index in [0.717, 1.165) is 11.6 Å². The van der Waals surface area contributed by atoms with Gasteiger partial charge in [0, 0.05) is 18.5 Å². The van der Waals surface area contributed by atoms with Crippen LogP contribution in [0.5, 0.6) is 0 Å². The molecule has 0 fully saturated rings. The summed E-state index contributed by atoms with van der Waals surface area (Å²) in [5.74, 6) is -1.23. The van der Waals surface area contributed by atoms with E-state index in [9.17, 15) is 13.9 Å².